The second-order valence-corrected chi connectivity index (χ2v) is 10.7. The molecule has 204 valence electrons. The second kappa shape index (κ2) is 19.2. The SMILES string of the molecule is CCCCCCCCCCCCCCCCCCCC(=O)N(C)CCc1c[nH]c2ccc(OC)cc12. The Bertz CT molecular complexity index is 829. The van der Waals surface area contributed by atoms with Gasteiger partial charge in [0.1, 0.15) is 5.75 Å². The molecule has 36 heavy (non-hydrogen) atoms. The van der Waals surface area contributed by atoms with Crippen molar-refractivity contribution in [2.45, 2.75) is 129 Å². The second-order valence-electron chi connectivity index (χ2n) is 10.7. The number of hydrogen-bond donors (Lipinski definition) is 1. The van der Waals surface area contributed by atoms with Gasteiger partial charge in [-0.05, 0) is 36.6 Å². The Hall–Kier alpha value is -1.97. The molecule has 0 spiro atoms. The number of aromatic nitrogens is 1. The van der Waals surface area contributed by atoms with Crippen LogP contribution in [0.5, 0.6) is 5.75 Å². The summed E-state index contributed by atoms with van der Waals surface area (Å²) < 4.78 is 5.36. The quantitative estimate of drug-likeness (QED) is 0.164. The van der Waals surface area contributed by atoms with Crippen molar-refractivity contribution in [2.24, 2.45) is 0 Å². The van der Waals surface area contributed by atoms with Gasteiger partial charge in [-0.1, -0.05) is 110 Å². The first-order valence-electron chi connectivity index (χ1n) is 15.0. The molecule has 1 heterocycles. The zero-order valence-electron chi connectivity index (χ0n) is 23.7. The fourth-order valence-corrected chi connectivity index (χ4v) is 5.10. The highest BCUT2D eigenvalue weighted by Crippen LogP contribution is 2.24. The van der Waals surface area contributed by atoms with Gasteiger partial charge in [-0.15, -0.1) is 0 Å². The molecule has 0 unspecified atom stereocenters. The van der Waals surface area contributed by atoms with Crippen LogP contribution in [0.1, 0.15) is 128 Å². The van der Waals surface area contributed by atoms with Crippen LogP contribution < -0.4 is 4.74 Å². The summed E-state index contributed by atoms with van der Waals surface area (Å²) in [6, 6.07) is 6.09. The molecule has 2 rings (SSSR count). The van der Waals surface area contributed by atoms with E-state index in [1.54, 1.807) is 7.11 Å². The smallest absolute Gasteiger partial charge is 0.222 e. The van der Waals surface area contributed by atoms with Crippen LogP contribution in [0.15, 0.2) is 24.4 Å². The molecule has 0 aliphatic carbocycles. The third kappa shape index (κ3) is 12.3. The lowest BCUT2D eigenvalue weighted by Crippen LogP contribution is -2.28. The summed E-state index contributed by atoms with van der Waals surface area (Å²) in [6.45, 7) is 3.04. The van der Waals surface area contributed by atoms with Crippen molar-refractivity contribution in [3.8, 4) is 5.75 Å². The van der Waals surface area contributed by atoms with Gasteiger partial charge in [0.2, 0.25) is 5.91 Å². The number of likely N-dealkylation sites (N-methyl/N-ethyl adjacent to an activating group) is 1. The third-order valence-corrected chi connectivity index (χ3v) is 7.61. The summed E-state index contributed by atoms with van der Waals surface area (Å²) in [5, 5.41) is 1.18. The Kier molecular flexibility index (Phi) is 16.1. The predicted molar refractivity (Wildman–Crippen MR) is 155 cm³/mol. The van der Waals surface area contributed by atoms with E-state index in [2.05, 4.69) is 24.2 Å². The van der Waals surface area contributed by atoms with Gasteiger partial charge in [0.25, 0.3) is 0 Å². The van der Waals surface area contributed by atoms with Crippen molar-refractivity contribution < 1.29 is 9.53 Å². The summed E-state index contributed by atoms with van der Waals surface area (Å²) in [6.07, 6.45) is 26.8. The number of nitrogens with zero attached hydrogens (tertiary/aromatic N) is 1. The maximum absolute atomic E-state index is 12.5. The number of carbonyl (C=O) groups is 1. The maximum Gasteiger partial charge on any atom is 0.222 e. The van der Waals surface area contributed by atoms with Crippen LogP contribution in [0.3, 0.4) is 0 Å². The van der Waals surface area contributed by atoms with E-state index in [1.807, 2.05) is 24.1 Å². The van der Waals surface area contributed by atoms with Crippen LogP contribution in [-0.2, 0) is 11.2 Å². The highest BCUT2D eigenvalue weighted by Gasteiger charge is 2.11. The number of fused-ring (bicyclic) bond motifs is 1. The molecule has 1 N–H and O–H groups in total. The van der Waals surface area contributed by atoms with E-state index in [4.69, 9.17) is 4.74 Å². The van der Waals surface area contributed by atoms with Crippen LogP contribution >= 0.6 is 0 Å². The molecule has 0 aliphatic heterocycles. The van der Waals surface area contributed by atoms with Gasteiger partial charge in [-0.3, -0.25) is 4.79 Å². The lowest BCUT2D eigenvalue weighted by molar-refractivity contribution is -0.130. The first-order valence-corrected chi connectivity index (χ1v) is 15.0. The maximum atomic E-state index is 12.5. The summed E-state index contributed by atoms with van der Waals surface area (Å²) >= 11 is 0. The van der Waals surface area contributed by atoms with Crippen molar-refractivity contribution in [2.75, 3.05) is 20.7 Å². The molecule has 0 radical (unpaired) electrons. The van der Waals surface area contributed by atoms with E-state index in [9.17, 15) is 4.79 Å². The van der Waals surface area contributed by atoms with Crippen LogP contribution in [0.2, 0.25) is 0 Å². The van der Waals surface area contributed by atoms with E-state index >= 15 is 0 Å². The Morgan fingerprint density at radius 2 is 1.33 bits per heavy atom. The minimum absolute atomic E-state index is 0.272. The molecule has 0 saturated carbocycles. The number of carbonyl (C=O) groups excluding carboxylic acids is 1. The lowest BCUT2D eigenvalue weighted by Gasteiger charge is -2.17. The molecular formula is C32H54N2O2. The standard InChI is InChI=1S/C32H54N2O2/c1-4-5-6-7-8-9-10-11-12-13-14-15-16-17-18-19-20-21-32(35)34(2)25-24-28-27-33-31-23-22-29(36-3)26-30(28)31/h22-23,26-27,33H,4-21,24-25H2,1-3H3. The molecule has 0 bridgehead atoms. The molecule has 1 amide bonds. The molecule has 1 aromatic heterocycles. The monoisotopic (exact) mass is 498 g/mol. The van der Waals surface area contributed by atoms with Gasteiger partial charge in [0.05, 0.1) is 7.11 Å². The Morgan fingerprint density at radius 1 is 0.806 bits per heavy atom. The Labute approximate surface area is 221 Å². The Balaban J connectivity index is 1.40. The number of unbranched alkanes of at least 4 members (excludes halogenated alkanes) is 16. The van der Waals surface area contributed by atoms with Crippen molar-refractivity contribution in [3.63, 3.8) is 0 Å². The van der Waals surface area contributed by atoms with E-state index in [0.29, 0.717) is 6.42 Å². The number of aromatic amines is 1. The number of nitrogens with one attached hydrogen (secondary N) is 1. The van der Waals surface area contributed by atoms with Crippen LogP contribution in [0.4, 0.5) is 0 Å². The number of amides is 1. The molecule has 0 aliphatic rings. The van der Waals surface area contributed by atoms with Gasteiger partial charge in [-0.25, -0.2) is 0 Å². The van der Waals surface area contributed by atoms with Gasteiger partial charge in [-0.2, -0.15) is 0 Å². The minimum atomic E-state index is 0.272. The van der Waals surface area contributed by atoms with E-state index in [0.717, 1.165) is 30.7 Å². The number of benzene rings is 1. The number of rotatable bonds is 22. The molecular weight excluding hydrogens is 444 g/mol. The van der Waals surface area contributed by atoms with E-state index in [1.165, 1.54) is 114 Å². The number of hydrogen-bond acceptors (Lipinski definition) is 2. The highest BCUT2D eigenvalue weighted by atomic mass is 16.5. The minimum Gasteiger partial charge on any atom is -0.497 e. The van der Waals surface area contributed by atoms with E-state index in [-0.39, 0.29) is 5.91 Å². The van der Waals surface area contributed by atoms with Crippen molar-refractivity contribution in [1.82, 2.24) is 9.88 Å². The van der Waals surface area contributed by atoms with Gasteiger partial charge in [0, 0.05) is 37.1 Å². The summed E-state index contributed by atoms with van der Waals surface area (Å²) in [7, 11) is 3.63. The molecule has 0 saturated heterocycles. The molecule has 2 aromatic rings. The molecule has 4 heteroatoms. The number of H-pyrrole nitrogens is 1. The topological polar surface area (TPSA) is 45.3 Å². The third-order valence-electron chi connectivity index (χ3n) is 7.61. The van der Waals surface area contributed by atoms with Crippen molar-refractivity contribution in [1.29, 1.82) is 0 Å². The van der Waals surface area contributed by atoms with Gasteiger partial charge in [0.15, 0.2) is 0 Å². The van der Waals surface area contributed by atoms with E-state index < -0.39 is 0 Å². The van der Waals surface area contributed by atoms with Crippen LogP contribution in [-0.4, -0.2) is 36.5 Å². The fourth-order valence-electron chi connectivity index (χ4n) is 5.10. The first kappa shape index (κ1) is 30.3. The van der Waals surface area contributed by atoms with Gasteiger partial charge < -0.3 is 14.6 Å². The lowest BCUT2D eigenvalue weighted by atomic mass is 10.0. The fraction of sp³-hybridized carbons (Fsp3) is 0.719. The van der Waals surface area contributed by atoms with Crippen molar-refractivity contribution in [3.05, 3.63) is 30.0 Å². The largest absolute Gasteiger partial charge is 0.497 e. The molecule has 1 aromatic carbocycles. The zero-order chi connectivity index (χ0) is 25.8. The summed E-state index contributed by atoms with van der Waals surface area (Å²) in [4.78, 5) is 17.7. The Morgan fingerprint density at radius 3 is 1.86 bits per heavy atom. The summed E-state index contributed by atoms with van der Waals surface area (Å²) in [5.41, 5.74) is 2.35. The normalized spacial score (nSPS) is 11.3. The number of ether oxygens (including phenoxy) is 1. The summed E-state index contributed by atoms with van der Waals surface area (Å²) in [5.74, 6) is 1.14. The average molecular weight is 499 g/mol. The number of methoxy groups -OCH3 is 1. The average Bonchev–Trinajstić information content (AvgIpc) is 3.30. The molecule has 0 atom stereocenters. The van der Waals surface area contributed by atoms with Crippen LogP contribution in [0.25, 0.3) is 10.9 Å². The van der Waals surface area contributed by atoms with Crippen LogP contribution in [0, 0.1) is 0 Å². The van der Waals surface area contributed by atoms with Crippen molar-refractivity contribution >= 4 is 16.8 Å². The zero-order valence-corrected chi connectivity index (χ0v) is 23.7. The highest BCUT2D eigenvalue weighted by molar-refractivity contribution is 5.84. The first-order chi connectivity index (χ1) is 17.7. The predicted octanol–water partition coefficient (Wildman–Crippen LogP) is 9.22. The molecule has 4 nitrogen and oxygen atoms in total. The molecule has 0 fully saturated rings. The van der Waals surface area contributed by atoms with Gasteiger partial charge >= 0.3 is 0 Å².